The molecule has 0 bridgehead atoms. The topological polar surface area (TPSA) is 114 Å². The molecule has 0 atom stereocenters. The molecule has 0 spiro atoms. The highest BCUT2D eigenvalue weighted by Gasteiger charge is 2.28. The molecule has 2 aromatic rings. The van der Waals surface area contributed by atoms with E-state index in [1.54, 1.807) is 19.9 Å². The number of aromatic amines is 1. The Morgan fingerprint density at radius 2 is 2.20 bits per heavy atom. The number of hydrogen-bond donors (Lipinski definition) is 2. The lowest BCUT2D eigenvalue weighted by Crippen LogP contribution is -2.18. The highest BCUT2D eigenvalue weighted by atomic mass is 35.5. The van der Waals surface area contributed by atoms with Crippen molar-refractivity contribution in [2.45, 2.75) is 23.6 Å². The number of H-pyrrole nitrogens is 1. The molecule has 0 unspecified atom stereocenters. The maximum Gasteiger partial charge on any atom is 0.343 e. The van der Waals surface area contributed by atoms with Gasteiger partial charge in [0.05, 0.1) is 12.8 Å². The standard InChI is InChI=1S/C14H13ClN4O4S2/c1-3-23-13(20)8-6-16-18-12(8)17-14-19-25(21,22)11-4-7(2)9(15)5-10(11)24-14/h4-6H,3H2,1-2H3,(H2,16,17,18,19). The summed E-state index contributed by atoms with van der Waals surface area (Å²) in [6, 6.07) is 3.06. The number of aromatic nitrogens is 2. The normalized spacial score (nSPS) is 15.2. The van der Waals surface area contributed by atoms with Crippen molar-refractivity contribution in [2.24, 2.45) is 4.40 Å². The van der Waals surface area contributed by atoms with Gasteiger partial charge in [-0.2, -0.15) is 13.5 Å². The third kappa shape index (κ3) is 3.51. The number of carbonyl (C=O) groups excluding carboxylic acids is 1. The van der Waals surface area contributed by atoms with Crippen LogP contribution in [0.3, 0.4) is 0 Å². The van der Waals surface area contributed by atoms with Crippen LogP contribution in [0.25, 0.3) is 0 Å². The van der Waals surface area contributed by atoms with Crippen LogP contribution in [0.15, 0.2) is 32.5 Å². The van der Waals surface area contributed by atoms with E-state index in [0.29, 0.717) is 15.5 Å². The van der Waals surface area contributed by atoms with Crippen molar-refractivity contribution in [2.75, 3.05) is 11.9 Å². The number of carbonyl (C=O) groups is 1. The predicted molar refractivity (Wildman–Crippen MR) is 94.8 cm³/mol. The van der Waals surface area contributed by atoms with Gasteiger partial charge in [0.15, 0.2) is 5.17 Å². The molecule has 2 heterocycles. The molecule has 25 heavy (non-hydrogen) atoms. The summed E-state index contributed by atoms with van der Waals surface area (Å²) in [5.41, 5.74) is 0.796. The van der Waals surface area contributed by atoms with E-state index in [2.05, 4.69) is 19.9 Å². The fourth-order valence-electron chi connectivity index (χ4n) is 2.10. The second-order valence-electron chi connectivity index (χ2n) is 5.03. The molecule has 11 heteroatoms. The SMILES string of the molecule is CCOC(=O)c1cn[nH]c1NC1=NS(=O)(=O)c2cc(C)c(Cl)cc2S1. The number of ether oxygens (including phenoxy) is 1. The van der Waals surface area contributed by atoms with Crippen molar-refractivity contribution in [3.63, 3.8) is 0 Å². The number of sulfonamides is 1. The highest BCUT2D eigenvalue weighted by Crippen LogP contribution is 2.37. The van der Waals surface area contributed by atoms with Gasteiger partial charge in [-0.3, -0.25) is 5.10 Å². The predicted octanol–water partition coefficient (Wildman–Crippen LogP) is 2.81. The lowest BCUT2D eigenvalue weighted by atomic mass is 10.2. The summed E-state index contributed by atoms with van der Waals surface area (Å²) in [4.78, 5) is 12.4. The van der Waals surface area contributed by atoms with Gasteiger partial charge in [0, 0.05) is 9.92 Å². The first-order valence-corrected chi connectivity index (χ1v) is 9.75. The van der Waals surface area contributed by atoms with E-state index in [-0.39, 0.29) is 28.1 Å². The average molecular weight is 401 g/mol. The van der Waals surface area contributed by atoms with E-state index in [1.807, 2.05) is 0 Å². The van der Waals surface area contributed by atoms with E-state index in [9.17, 15) is 13.2 Å². The van der Waals surface area contributed by atoms with Gasteiger partial charge in [0.25, 0.3) is 10.0 Å². The van der Waals surface area contributed by atoms with Gasteiger partial charge in [-0.05, 0) is 43.3 Å². The Morgan fingerprint density at radius 3 is 2.92 bits per heavy atom. The number of thioether (sulfide) groups is 1. The lowest BCUT2D eigenvalue weighted by Gasteiger charge is -2.17. The summed E-state index contributed by atoms with van der Waals surface area (Å²) in [5, 5.41) is 9.66. The van der Waals surface area contributed by atoms with Gasteiger partial charge in [-0.25, -0.2) is 4.79 Å². The zero-order valence-electron chi connectivity index (χ0n) is 13.2. The molecule has 1 aliphatic heterocycles. The number of anilines is 1. The van der Waals surface area contributed by atoms with Crippen molar-refractivity contribution >= 4 is 50.3 Å². The van der Waals surface area contributed by atoms with Crippen LogP contribution in [0, 0.1) is 6.92 Å². The third-order valence-corrected chi connectivity index (χ3v) is 6.19. The van der Waals surface area contributed by atoms with Gasteiger partial charge in [-0.15, -0.1) is 4.40 Å². The van der Waals surface area contributed by atoms with Crippen molar-refractivity contribution in [3.8, 4) is 0 Å². The number of hydrogen-bond acceptors (Lipinski definition) is 7. The summed E-state index contributed by atoms with van der Waals surface area (Å²) in [7, 11) is -3.88. The Morgan fingerprint density at radius 1 is 1.44 bits per heavy atom. The Bertz CT molecular complexity index is 985. The van der Waals surface area contributed by atoms with Crippen LogP contribution in [0.4, 0.5) is 5.82 Å². The van der Waals surface area contributed by atoms with Gasteiger partial charge in [0.1, 0.15) is 16.3 Å². The van der Waals surface area contributed by atoms with E-state index >= 15 is 0 Å². The molecule has 3 rings (SSSR count). The number of rotatable bonds is 3. The minimum Gasteiger partial charge on any atom is -0.462 e. The first kappa shape index (κ1) is 17.8. The van der Waals surface area contributed by atoms with Crippen molar-refractivity contribution < 1.29 is 17.9 Å². The molecule has 0 aliphatic carbocycles. The molecule has 8 nitrogen and oxygen atoms in total. The molecular formula is C14H13ClN4O4S2. The maximum absolute atomic E-state index is 12.4. The number of nitrogens with zero attached hydrogens (tertiary/aromatic N) is 2. The second kappa shape index (κ2) is 6.70. The number of nitrogens with one attached hydrogen (secondary N) is 2. The number of fused-ring (bicyclic) bond motifs is 1. The number of esters is 1. The molecule has 0 fully saturated rings. The van der Waals surface area contributed by atoms with Crippen LogP contribution in [-0.2, 0) is 14.8 Å². The van der Waals surface area contributed by atoms with E-state index < -0.39 is 16.0 Å². The highest BCUT2D eigenvalue weighted by molar-refractivity contribution is 8.15. The van der Waals surface area contributed by atoms with E-state index in [4.69, 9.17) is 16.3 Å². The Hall–Kier alpha value is -2.04. The van der Waals surface area contributed by atoms with E-state index in [0.717, 1.165) is 11.8 Å². The number of benzene rings is 1. The van der Waals surface area contributed by atoms with Crippen LogP contribution < -0.4 is 5.32 Å². The molecule has 0 radical (unpaired) electrons. The van der Waals surface area contributed by atoms with Crippen LogP contribution in [0.2, 0.25) is 5.02 Å². The average Bonchev–Trinajstić information content (AvgIpc) is 2.97. The van der Waals surface area contributed by atoms with Crippen molar-refractivity contribution in [3.05, 3.63) is 34.5 Å². The summed E-state index contributed by atoms with van der Waals surface area (Å²) >= 11 is 7.17. The summed E-state index contributed by atoms with van der Waals surface area (Å²) in [5.74, 6) is -0.386. The van der Waals surface area contributed by atoms with Gasteiger partial charge in [-0.1, -0.05) is 11.6 Å². The first-order valence-electron chi connectivity index (χ1n) is 7.12. The smallest absolute Gasteiger partial charge is 0.343 e. The molecule has 0 saturated heterocycles. The molecule has 0 saturated carbocycles. The van der Waals surface area contributed by atoms with Crippen LogP contribution in [-0.4, -0.2) is 36.4 Å². The third-order valence-electron chi connectivity index (χ3n) is 3.28. The molecular weight excluding hydrogens is 388 g/mol. The van der Waals surface area contributed by atoms with Crippen molar-refractivity contribution in [1.82, 2.24) is 10.2 Å². The molecule has 0 amide bonds. The zero-order chi connectivity index (χ0) is 18.2. The summed E-state index contributed by atoms with van der Waals surface area (Å²) < 4.78 is 33.5. The Kier molecular flexibility index (Phi) is 4.76. The lowest BCUT2D eigenvalue weighted by molar-refractivity contribution is 0.0527. The van der Waals surface area contributed by atoms with Crippen LogP contribution in [0.5, 0.6) is 0 Å². The Labute approximate surface area is 153 Å². The molecule has 1 aliphatic rings. The quantitative estimate of drug-likeness (QED) is 0.761. The molecule has 1 aromatic heterocycles. The maximum atomic E-state index is 12.4. The molecule has 132 valence electrons. The zero-order valence-corrected chi connectivity index (χ0v) is 15.5. The van der Waals surface area contributed by atoms with Gasteiger partial charge in [0.2, 0.25) is 0 Å². The fraction of sp³-hybridized carbons (Fsp3) is 0.214. The minimum atomic E-state index is -3.88. The number of halogens is 1. The number of amidine groups is 1. The van der Waals surface area contributed by atoms with Crippen LogP contribution >= 0.6 is 23.4 Å². The van der Waals surface area contributed by atoms with Crippen LogP contribution in [0.1, 0.15) is 22.8 Å². The first-order chi connectivity index (χ1) is 11.8. The van der Waals surface area contributed by atoms with Gasteiger partial charge >= 0.3 is 5.97 Å². The van der Waals surface area contributed by atoms with Crippen molar-refractivity contribution in [1.29, 1.82) is 0 Å². The minimum absolute atomic E-state index is 0.0715. The number of aryl methyl sites for hydroxylation is 1. The summed E-state index contributed by atoms with van der Waals surface area (Å²) in [6.45, 7) is 3.61. The van der Waals surface area contributed by atoms with Gasteiger partial charge < -0.3 is 10.1 Å². The largest absolute Gasteiger partial charge is 0.462 e. The second-order valence-corrected chi connectivity index (χ2v) is 8.04. The Balaban J connectivity index is 1.94. The molecule has 2 N–H and O–H groups in total. The molecule has 1 aromatic carbocycles. The monoisotopic (exact) mass is 400 g/mol. The van der Waals surface area contributed by atoms with E-state index in [1.165, 1.54) is 12.3 Å². The summed E-state index contributed by atoms with van der Waals surface area (Å²) in [6.07, 6.45) is 1.29. The fourth-order valence-corrected chi connectivity index (χ4v) is 4.91.